The highest BCUT2D eigenvalue weighted by molar-refractivity contribution is 5.46. The summed E-state index contributed by atoms with van der Waals surface area (Å²) in [7, 11) is 0. The Morgan fingerprint density at radius 2 is 1.94 bits per heavy atom. The first-order valence-corrected chi connectivity index (χ1v) is 5.64. The molecule has 0 aliphatic heterocycles. The summed E-state index contributed by atoms with van der Waals surface area (Å²) in [5.41, 5.74) is 6.48. The van der Waals surface area contributed by atoms with E-state index in [1.54, 1.807) is 0 Å². The molecule has 0 fully saturated rings. The molecule has 0 aromatic heterocycles. The second kappa shape index (κ2) is 7.96. The molecular weight excluding hydrogens is 204 g/mol. The van der Waals surface area contributed by atoms with E-state index in [9.17, 15) is 0 Å². The Labute approximate surface area is 96.4 Å². The minimum Gasteiger partial charge on any atom is -0.494 e. The molecule has 0 saturated heterocycles. The molecule has 0 heterocycles. The number of nitrogens with two attached hydrogens (primary N) is 1. The lowest BCUT2D eigenvalue weighted by Gasteiger charge is -2.08. The van der Waals surface area contributed by atoms with E-state index in [2.05, 4.69) is 5.32 Å². The lowest BCUT2D eigenvalue weighted by atomic mass is 10.3. The fourth-order valence-electron chi connectivity index (χ4n) is 1.26. The quantitative estimate of drug-likeness (QED) is 0.581. The fourth-order valence-corrected chi connectivity index (χ4v) is 1.26. The van der Waals surface area contributed by atoms with Gasteiger partial charge in [-0.15, -0.1) is 0 Å². The Morgan fingerprint density at radius 1 is 1.19 bits per heavy atom. The fraction of sp³-hybridized carbons (Fsp3) is 0.500. The number of benzene rings is 1. The zero-order valence-electron chi connectivity index (χ0n) is 9.48. The van der Waals surface area contributed by atoms with Gasteiger partial charge in [0.15, 0.2) is 0 Å². The van der Waals surface area contributed by atoms with Gasteiger partial charge in [0.05, 0.1) is 6.61 Å². The molecule has 4 heteroatoms. The number of hydrogen-bond donors (Lipinski definition) is 3. The molecule has 0 bridgehead atoms. The van der Waals surface area contributed by atoms with E-state index in [-0.39, 0.29) is 6.61 Å². The molecule has 90 valence electrons. The van der Waals surface area contributed by atoms with Gasteiger partial charge < -0.3 is 20.9 Å². The predicted octanol–water partition coefficient (Wildman–Crippen LogP) is 1.21. The monoisotopic (exact) mass is 224 g/mol. The van der Waals surface area contributed by atoms with Gasteiger partial charge in [-0.3, -0.25) is 0 Å². The molecular formula is C12H20N2O2. The molecule has 0 aliphatic rings. The van der Waals surface area contributed by atoms with E-state index in [4.69, 9.17) is 15.6 Å². The first kappa shape index (κ1) is 12.8. The van der Waals surface area contributed by atoms with Crippen molar-refractivity contribution in [1.82, 2.24) is 0 Å². The van der Waals surface area contributed by atoms with Crippen LogP contribution in [0.15, 0.2) is 24.3 Å². The Balaban J connectivity index is 2.30. The number of hydrogen-bond acceptors (Lipinski definition) is 4. The van der Waals surface area contributed by atoms with Crippen molar-refractivity contribution in [2.45, 2.75) is 12.8 Å². The highest BCUT2D eigenvalue weighted by Gasteiger charge is 1.94. The van der Waals surface area contributed by atoms with Crippen molar-refractivity contribution >= 4 is 5.69 Å². The minimum atomic E-state index is 0.165. The van der Waals surface area contributed by atoms with Crippen LogP contribution in [0.5, 0.6) is 5.75 Å². The zero-order chi connectivity index (χ0) is 11.6. The maximum absolute atomic E-state index is 8.61. The van der Waals surface area contributed by atoms with Gasteiger partial charge in [0.1, 0.15) is 5.75 Å². The maximum Gasteiger partial charge on any atom is 0.119 e. The summed E-state index contributed by atoms with van der Waals surface area (Å²) in [6, 6.07) is 7.79. The molecule has 0 unspecified atom stereocenters. The van der Waals surface area contributed by atoms with Crippen LogP contribution in [0.2, 0.25) is 0 Å². The van der Waals surface area contributed by atoms with Crippen LogP contribution < -0.4 is 15.8 Å². The molecule has 4 N–H and O–H groups in total. The molecule has 1 aromatic rings. The number of nitrogens with one attached hydrogen (secondary N) is 1. The second-order valence-corrected chi connectivity index (χ2v) is 3.52. The van der Waals surface area contributed by atoms with E-state index in [0.29, 0.717) is 19.6 Å². The molecule has 1 rings (SSSR count). The molecule has 4 nitrogen and oxygen atoms in total. The van der Waals surface area contributed by atoms with Crippen LogP contribution in [0, 0.1) is 0 Å². The van der Waals surface area contributed by atoms with Crippen molar-refractivity contribution in [3.63, 3.8) is 0 Å². The third kappa shape index (κ3) is 5.00. The van der Waals surface area contributed by atoms with Crippen molar-refractivity contribution in [3.8, 4) is 5.75 Å². The number of aliphatic hydroxyl groups excluding tert-OH is 1. The van der Waals surface area contributed by atoms with Gasteiger partial charge in [0, 0.05) is 25.3 Å². The van der Waals surface area contributed by atoms with Gasteiger partial charge in [0.2, 0.25) is 0 Å². The lowest BCUT2D eigenvalue weighted by molar-refractivity contribution is 0.233. The van der Waals surface area contributed by atoms with E-state index in [1.807, 2.05) is 24.3 Å². The molecule has 0 atom stereocenters. The third-order valence-electron chi connectivity index (χ3n) is 2.14. The average Bonchev–Trinajstić information content (AvgIpc) is 2.32. The van der Waals surface area contributed by atoms with Crippen molar-refractivity contribution in [3.05, 3.63) is 24.3 Å². The van der Waals surface area contributed by atoms with Gasteiger partial charge in [-0.05, 0) is 37.2 Å². The van der Waals surface area contributed by atoms with Crippen LogP contribution in [0.4, 0.5) is 5.69 Å². The van der Waals surface area contributed by atoms with E-state index in [1.165, 1.54) is 0 Å². The number of aliphatic hydroxyl groups is 1. The van der Waals surface area contributed by atoms with Crippen LogP contribution in [0.25, 0.3) is 0 Å². The first-order valence-electron chi connectivity index (χ1n) is 5.64. The van der Waals surface area contributed by atoms with Gasteiger partial charge >= 0.3 is 0 Å². The highest BCUT2D eigenvalue weighted by Crippen LogP contribution is 2.15. The molecule has 16 heavy (non-hydrogen) atoms. The minimum absolute atomic E-state index is 0.165. The van der Waals surface area contributed by atoms with E-state index < -0.39 is 0 Å². The Hall–Kier alpha value is -1.26. The topological polar surface area (TPSA) is 67.5 Å². The average molecular weight is 224 g/mol. The smallest absolute Gasteiger partial charge is 0.119 e. The SMILES string of the molecule is NCCCNc1ccc(OCCCO)cc1. The Kier molecular flexibility index (Phi) is 6.37. The normalized spacial score (nSPS) is 10.1. The summed E-state index contributed by atoms with van der Waals surface area (Å²) in [6.07, 6.45) is 1.63. The first-order chi connectivity index (χ1) is 7.86. The van der Waals surface area contributed by atoms with Crippen LogP contribution >= 0.6 is 0 Å². The molecule has 0 aliphatic carbocycles. The molecule has 0 amide bonds. The van der Waals surface area contributed by atoms with Crippen LogP contribution in [0.3, 0.4) is 0 Å². The molecule has 0 spiro atoms. The number of ether oxygens (including phenoxy) is 1. The van der Waals surface area contributed by atoms with Gasteiger partial charge in [0.25, 0.3) is 0 Å². The largest absolute Gasteiger partial charge is 0.494 e. The summed E-state index contributed by atoms with van der Waals surface area (Å²) in [5.74, 6) is 0.831. The van der Waals surface area contributed by atoms with Gasteiger partial charge in [-0.2, -0.15) is 0 Å². The predicted molar refractivity (Wildman–Crippen MR) is 65.8 cm³/mol. The Morgan fingerprint density at radius 3 is 2.56 bits per heavy atom. The summed E-state index contributed by atoms with van der Waals surface area (Å²) in [5, 5.41) is 11.9. The van der Waals surface area contributed by atoms with Crippen LogP contribution in [0.1, 0.15) is 12.8 Å². The van der Waals surface area contributed by atoms with Crippen molar-refractivity contribution in [2.24, 2.45) is 5.73 Å². The summed E-state index contributed by atoms with van der Waals surface area (Å²) in [4.78, 5) is 0. The van der Waals surface area contributed by atoms with E-state index in [0.717, 1.165) is 24.4 Å². The number of anilines is 1. The maximum atomic E-state index is 8.61. The summed E-state index contributed by atoms with van der Waals surface area (Å²) < 4.78 is 5.42. The van der Waals surface area contributed by atoms with E-state index >= 15 is 0 Å². The van der Waals surface area contributed by atoms with Crippen LogP contribution in [-0.2, 0) is 0 Å². The van der Waals surface area contributed by atoms with Crippen molar-refractivity contribution in [2.75, 3.05) is 31.6 Å². The van der Waals surface area contributed by atoms with Gasteiger partial charge in [-0.25, -0.2) is 0 Å². The Bertz CT molecular complexity index is 246. The lowest BCUT2D eigenvalue weighted by Crippen LogP contribution is -2.08. The third-order valence-corrected chi connectivity index (χ3v) is 2.14. The molecule has 0 radical (unpaired) electrons. The van der Waals surface area contributed by atoms with Crippen molar-refractivity contribution < 1.29 is 9.84 Å². The number of rotatable bonds is 8. The standard InChI is InChI=1S/C12H20N2O2/c13-7-1-8-14-11-3-5-12(6-4-11)16-10-2-9-15/h3-6,14-15H,1-2,7-10,13H2. The zero-order valence-corrected chi connectivity index (χ0v) is 9.48. The summed E-state index contributed by atoms with van der Waals surface area (Å²) >= 11 is 0. The van der Waals surface area contributed by atoms with Crippen molar-refractivity contribution in [1.29, 1.82) is 0 Å². The van der Waals surface area contributed by atoms with Gasteiger partial charge in [-0.1, -0.05) is 0 Å². The second-order valence-electron chi connectivity index (χ2n) is 3.52. The summed E-state index contributed by atoms with van der Waals surface area (Å²) in [6.45, 7) is 2.31. The molecule has 1 aromatic carbocycles. The molecule has 0 saturated carbocycles. The van der Waals surface area contributed by atoms with Crippen LogP contribution in [-0.4, -0.2) is 31.4 Å². The highest BCUT2D eigenvalue weighted by atomic mass is 16.5.